The summed E-state index contributed by atoms with van der Waals surface area (Å²) in [5, 5.41) is 32.3. The summed E-state index contributed by atoms with van der Waals surface area (Å²) in [6, 6.07) is 0. The number of aliphatic hydroxyl groups is 3. The van der Waals surface area contributed by atoms with Gasteiger partial charge in [-0.3, -0.25) is 4.79 Å². The standard InChI is InChI=1S/C6H10O3.C3H8O2.C3H8O/c7-5-3-1-2-4-6(8)9;1-3(2,4)5;1-3(2)4/h5H,1-4H2,(H,8,9);4-5H,1-2H3;3-4H,1-2H3. The molecular formula is C12H26O6. The molecule has 0 rings (SSSR count). The first kappa shape index (κ1) is 22.2. The number of aldehydes is 1. The summed E-state index contributed by atoms with van der Waals surface area (Å²) < 4.78 is 0. The third kappa shape index (κ3) is 117. The fourth-order valence-corrected chi connectivity index (χ4v) is 0.504. The van der Waals surface area contributed by atoms with Crippen LogP contribution >= 0.6 is 0 Å². The summed E-state index contributed by atoms with van der Waals surface area (Å²) >= 11 is 0. The first-order valence-electron chi connectivity index (χ1n) is 5.79. The lowest BCUT2D eigenvalue weighted by Crippen LogP contribution is -2.15. The van der Waals surface area contributed by atoms with E-state index in [1.165, 1.54) is 13.8 Å². The summed E-state index contributed by atoms with van der Waals surface area (Å²) in [6.45, 7) is 6.04. The number of unbranched alkanes of at least 4 members (excludes halogenated alkanes) is 2. The second-order valence-electron chi connectivity index (χ2n) is 4.39. The van der Waals surface area contributed by atoms with Gasteiger partial charge in [-0.15, -0.1) is 0 Å². The van der Waals surface area contributed by atoms with Gasteiger partial charge in [0.2, 0.25) is 0 Å². The number of aliphatic carboxylic acids is 1. The Hall–Kier alpha value is -0.980. The number of carbonyl (C=O) groups is 2. The molecule has 110 valence electrons. The average Bonchev–Trinajstić information content (AvgIpc) is 2.08. The zero-order valence-electron chi connectivity index (χ0n) is 11.6. The molecule has 6 nitrogen and oxygen atoms in total. The van der Waals surface area contributed by atoms with Crippen molar-refractivity contribution in [2.75, 3.05) is 0 Å². The van der Waals surface area contributed by atoms with Gasteiger partial charge < -0.3 is 25.2 Å². The molecule has 0 saturated heterocycles. The lowest BCUT2D eigenvalue weighted by Gasteiger charge is -2.03. The molecule has 0 unspecified atom stereocenters. The molecule has 0 aromatic rings. The molecule has 0 saturated carbocycles. The maximum Gasteiger partial charge on any atom is 0.303 e. The van der Waals surface area contributed by atoms with E-state index < -0.39 is 11.8 Å². The fourth-order valence-electron chi connectivity index (χ4n) is 0.504. The zero-order valence-corrected chi connectivity index (χ0v) is 11.6. The van der Waals surface area contributed by atoms with E-state index in [-0.39, 0.29) is 12.5 Å². The monoisotopic (exact) mass is 266 g/mol. The van der Waals surface area contributed by atoms with Crippen molar-refractivity contribution in [1.82, 2.24) is 0 Å². The number of carboxylic acids is 1. The van der Waals surface area contributed by atoms with Gasteiger partial charge in [0, 0.05) is 18.9 Å². The summed E-state index contributed by atoms with van der Waals surface area (Å²) in [6.07, 6.45) is 2.59. The molecule has 0 aliphatic heterocycles. The highest BCUT2D eigenvalue weighted by Crippen LogP contribution is 1.96. The zero-order chi connectivity index (χ0) is 15.2. The third-order valence-electron chi connectivity index (χ3n) is 0.963. The van der Waals surface area contributed by atoms with Crippen LogP contribution in [0.5, 0.6) is 0 Å². The molecule has 18 heavy (non-hydrogen) atoms. The highest BCUT2D eigenvalue weighted by Gasteiger charge is 2.00. The van der Waals surface area contributed by atoms with Crippen LogP contribution in [0.25, 0.3) is 0 Å². The molecule has 6 heteroatoms. The van der Waals surface area contributed by atoms with Crippen molar-refractivity contribution in [3.63, 3.8) is 0 Å². The SMILES string of the molecule is CC(C)(O)O.CC(C)O.O=CCCCCC(=O)O. The second-order valence-corrected chi connectivity index (χ2v) is 4.39. The number of hydrogen-bond acceptors (Lipinski definition) is 5. The van der Waals surface area contributed by atoms with Crippen LogP contribution in [-0.4, -0.2) is 44.6 Å². The van der Waals surface area contributed by atoms with Crippen molar-refractivity contribution in [2.24, 2.45) is 0 Å². The van der Waals surface area contributed by atoms with Crippen molar-refractivity contribution >= 4 is 12.3 Å². The Balaban J connectivity index is -0.000000212. The first-order chi connectivity index (χ1) is 8.00. The van der Waals surface area contributed by atoms with Gasteiger partial charge in [0.05, 0.1) is 0 Å². The predicted octanol–water partition coefficient (Wildman–Crippen LogP) is 0.924. The van der Waals surface area contributed by atoms with Crippen molar-refractivity contribution < 1.29 is 30.0 Å². The molecule has 0 aromatic heterocycles. The Morgan fingerprint density at radius 1 is 1.22 bits per heavy atom. The van der Waals surface area contributed by atoms with Crippen molar-refractivity contribution in [3.05, 3.63) is 0 Å². The normalized spacial score (nSPS) is 9.78. The molecule has 0 amide bonds. The Labute approximate surface area is 108 Å². The molecule has 0 spiro atoms. The van der Waals surface area contributed by atoms with E-state index in [0.29, 0.717) is 19.3 Å². The Morgan fingerprint density at radius 2 is 1.56 bits per heavy atom. The number of hydrogen-bond donors (Lipinski definition) is 4. The van der Waals surface area contributed by atoms with Crippen molar-refractivity contribution in [3.8, 4) is 0 Å². The maximum absolute atomic E-state index is 9.87. The summed E-state index contributed by atoms with van der Waals surface area (Å²) in [4.78, 5) is 19.6. The smallest absolute Gasteiger partial charge is 0.303 e. The minimum atomic E-state index is -1.50. The molecule has 0 atom stereocenters. The second kappa shape index (κ2) is 14.1. The van der Waals surface area contributed by atoms with Gasteiger partial charge in [0.25, 0.3) is 0 Å². The van der Waals surface area contributed by atoms with Gasteiger partial charge in [-0.25, -0.2) is 0 Å². The maximum atomic E-state index is 9.87. The van der Waals surface area contributed by atoms with E-state index in [4.69, 9.17) is 20.4 Å². The van der Waals surface area contributed by atoms with E-state index in [9.17, 15) is 9.59 Å². The number of carboxylic acid groups (broad SMARTS) is 1. The molecule has 0 bridgehead atoms. The molecule has 0 fully saturated rings. The third-order valence-corrected chi connectivity index (χ3v) is 0.963. The van der Waals surface area contributed by atoms with E-state index in [1.54, 1.807) is 13.8 Å². The number of carbonyl (C=O) groups excluding carboxylic acids is 1. The van der Waals surface area contributed by atoms with E-state index in [2.05, 4.69) is 0 Å². The summed E-state index contributed by atoms with van der Waals surface area (Å²) in [7, 11) is 0. The van der Waals surface area contributed by atoms with Crippen LogP contribution in [0.2, 0.25) is 0 Å². The van der Waals surface area contributed by atoms with Crippen LogP contribution in [0.4, 0.5) is 0 Å². The van der Waals surface area contributed by atoms with Crippen LogP contribution < -0.4 is 0 Å². The van der Waals surface area contributed by atoms with E-state index in [0.717, 1.165) is 6.29 Å². The molecule has 0 aliphatic rings. The number of aliphatic hydroxyl groups excluding tert-OH is 1. The summed E-state index contributed by atoms with van der Waals surface area (Å²) in [5.41, 5.74) is 0. The Kier molecular flexibility index (Phi) is 17.4. The Morgan fingerprint density at radius 3 is 1.78 bits per heavy atom. The van der Waals surface area contributed by atoms with Crippen LogP contribution in [0.15, 0.2) is 0 Å². The van der Waals surface area contributed by atoms with Gasteiger partial charge in [-0.05, 0) is 40.5 Å². The van der Waals surface area contributed by atoms with Gasteiger partial charge in [0.15, 0.2) is 5.79 Å². The van der Waals surface area contributed by atoms with Gasteiger partial charge in [0.1, 0.15) is 6.29 Å². The highest BCUT2D eigenvalue weighted by atomic mass is 16.5. The van der Waals surface area contributed by atoms with E-state index >= 15 is 0 Å². The average molecular weight is 266 g/mol. The Bertz CT molecular complexity index is 186. The molecule has 0 aliphatic carbocycles. The highest BCUT2D eigenvalue weighted by molar-refractivity contribution is 5.66. The minimum absolute atomic E-state index is 0.167. The van der Waals surface area contributed by atoms with Crippen LogP contribution in [0, 0.1) is 0 Å². The minimum Gasteiger partial charge on any atom is -0.481 e. The van der Waals surface area contributed by atoms with Gasteiger partial charge in [-0.2, -0.15) is 0 Å². The van der Waals surface area contributed by atoms with E-state index in [1.807, 2.05) is 0 Å². The molecular weight excluding hydrogens is 240 g/mol. The van der Waals surface area contributed by atoms with Crippen LogP contribution in [0.3, 0.4) is 0 Å². The van der Waals surface area contributed by atoms with Crippen molar-refractivity contribution in [2.45, 2.75) is 65.3 Å². The molecule has 0 heterocycles. The number of rotatable bonds is 5. The largest absolute Gasteiger partial charge is 0.481 e. The van der Waals surface area contributed by atoms with Gasteiger partial charge >= 0.3 is 5.97 Å². The molecule has 4 N–H and O–H groups in total. The quantitative estimate of drug-likeness (QED) is 0.334. The fraction of sp³-hybridized carbons (Fsp3) is 0.833. The lowest BCUT2D eigenvalue weighted by atomic mass is 10.2. The first-order valence-corrected chi connectivity index (χ1v) is 5.79. The topological polar surface area (TPSA) is 115 Å². The predicted molar refractivity (Wildman–Crippen MR) is 68.0 cm³/mol. The molecule has 0 radical (unpaired) electrons. The summed E-state index contributed by atoms with van der Waals surface area (Å²) in [5.74, 6) is -2.29. The van der Waals surface area contributed by atoms with Crippen LogP contribution in [0.1, 0.15) is 53.4 Å². The van der Waals surface area contributed by atoms with Gasteiger partial charge in [-0.1, -0.05) is 0 Å². The molecule has 0 aromatic carbocycles. The van der Waals surface area contributed by atoms with Crippen LogP contribution in [-0.2, 0) is 9.59 Å². The lowest BCUT2D eigenvalue weighted by molar-refractivity contribution is -0.137. The van der Waals surface area contributed by atoms with Crippen molar-refractivity contribution in [1.29, 1.82) is 0 Å².